The average molecular weight is 403 g/mol. The van der Waals surface area contributed by atoms with Crippen molar-refractivity contribution in [3.8, 4) is 0 Å². The normalized spacial score (nSPS) is 20.8. The second-order valence-corrected chi connectivity index (χ2v) is 7.95. The van der Waals surface area contributed by atoms with Crippen LogP contribution in [0.2, 0.25) is 0 Å². The first-order chi connectivity index (χ1) is 13.6. The van der Waals surface area contributed by atoms with Gasteiger partial charge in [-0.15, -0.1) is 11.8 Å². The number of hydrogen-bond donors (Lipinski definition) is 0. The zero-order chi connectivity index (χ0) is 19.5. The molecule has 28 heavy (non-hydrogen) atoms. The molecule has 0 saturated carbocycles. The summed E-state index contributed by atoms with van der Waals surface area (Å²) >= 11 is 1.47. The third-order valence-electron chi connectivity index (χ3n) is 5.19. The Hall–Kier alpha value is -2.32. The van der Waals surface area contributed by atoms with E-state index in [2.05, 4.69) is 4.90 Å². The summed E-state index contributed by atoms with van der Waals surface area (Å²) in [5.41, 5.74) is 0.562. The minimum absolute atomic E-state index is 0.0462. The maximum atomic E-state index is 14.2. The third kappa shape index (κ3) is 3.93. The molecule has 0 N–H and O–H groups in total. The largest absolute Gasteiger partial charge is 0.459 e. The fraction of sp³-hybridized carbons (Fsp3) is 0.400. The van der Waals surface area contributed by atoms with E-state index in [0.717, 1.165) is 13.1 Å². The molecule has 2 aromatic rings. The zero-order valence-electron chi connectivity index (χ0n) is 15.4. The zero-order valence-corrected chi connectivity index (χ0v) is 16.2. The highest BCUT2D eigenvalue weighted by atomic mass is 32.2. The van der Waals surface area contributed by atoms with Gasteiger partial charge in [-0.1, -0.05) is 18.2 Å². The number of thioether (sulfide) groups is 1. The molecule has 8 heteroatoms. The molecule has 2 aliphatic rings. The summed E-state index contributed by atoms with van der Waals surface area (Å²) in [5, 5.41) is -0.268. The molecule has 0 aliphatic carbocycles. The van der Waals surface area contributed by atoms with Crippen molar-refractivity contribution in [2.45, 2.75) is 5.37 Å². The van der Waals surface area contributed by atoms with Crippen LogP contribution in [-0.2, 0) is 4.79 Å². The Bertz CT molecular complexity index is 837. The van der Waals surface area contributed by atoms with Gasteiger partial charge in [-0.2, -0.15) is 0 Å². The minimum Gasteiger partial charge on any atom is -0.459 e. The number of halogens is 1. The van der Waals surface area contributed by atoms with Crippen LogP contribution in [0, 0.1) is 5.82 Å². The Morgan fingerprint density at radius 2 is 1.89 bits per heavy atom. The maximum Gasteiger partial charge on any atom is 0.289 e. The lowest BCUT2D eigenvalue weighted by molar-refractivity contribution is -0.128. The molecule has 3 heterocycles. The average Bonchev–Trinajstić information content (AvgIpc) is 3.37. The van der Waals surface area contributed by atoms with Crippen molar-refractivity contribution in [2.24, 2.45) is 0 Å². The Balaban J connectivity index is 1.31. The Morgan fingerprint density at radius 1 is 1.11 bits per heavy atom. The smallest absolute Gasteiger partial charge is 0.289 e. The number of carbonyl (C=O) groups is 2. The molecule has 1 atom stereocenters. The SMILES string of the molecule is O=C(c1ccco1)N1CCN(CCN2C(=O)CSC2c2ccccc2F)CC1. The summed E-state index contributed by atoms with van der Waals surface area (Å²) in [6.45, 7) is 3.99. The van der Waals surface area contributed by atoms with Gasteiger partial charge in [0.05, 0.1) is 12.0 Å². The first-order valence-corrected chi connectivity index (χ1v) is 10.4. The fourth-order valence-electron chi connectivity index (χ4n) is 3.61. The number of piperazine rings is 1. The van der Waals surface area contributed by atoms with Gasteiger partial charge in [-0.05, 0) is 18.2 Å². The van der Waals surface area contributed by atoms with Crippen molar-refractivity contribution in [1.29, 1.82) is 0 Å². The Morgan fingerprint density at radius 3 is 2.61 bits per heavy atom. The number of hydrogen-bond acceptors (Lipinski definition) is 5. The predicted molar refractivity (Wildman–Crippen MR) is 104 cm³/mol. The molecule has 2 fully saturated rings. The highest BCUT2D eigenvalue weighted by molar-refractivity contribution is 8.00. The first kappa shape index (κ1) is 19.0. The molecule has 1 unspecified atom stereocenters. The van der Waals surface area contributed by atoms with E-state index >= 15 is 0 Å². The van der Waals surface area contributed by atoms with E-state index in [9.17, 15) is 14.0 Å². The van der Waals surface area contributed by atoms with Crippen LogP contribution >= 0.6 is 11.8 Å². The van der Waals surface area contributed by atoms with Crippen LogP contribution < -0.4 is 0 Å². The van der Waals surface area contributed by atoms with Crippen molar-refractivity contribution in [1.82, 2.24) is 14.7 Å². The van der Waals surface area contributed by atoms with Crippen LogP contribution in [0.15, 0.2) is 47.1 Å². The van der Waals surface area contributed by atoms with E-state index in [0.29, 0.717) is 43.3 Å². The van der Waals surface area contributed by atoms with Crippen molar-refractivity contribution < 1.29 is 18.4 Å². The molecular formula is C20H22FN3O3S. The fourth-order valence-corrected chi connectivity index (χ4v) is 4.85. The summed E-state index contributed by atoms with van der Waals surface area (Å²) in [4.78, 5) is 30.4. The molecule has 4 rings (SSSR count). The van der Waals surface area contributed by atoms with Crippen LogP contribution in [0.3, 0.4) is 0 Å². The molecule has 1 aromatic carbocycles. The molecule has 0 bridgehead atoms. The van der Waals surface area contributed by atoms with Crippen molar-refractivity contribution in [3.63, 3.8) is 0 Å². The number of rotatable bonds is 5. The van der Waals surface area contributed by atoms with Gasteiger partial charge >= 0.3 is 0 Å². The summed E-state index contributed by atoms with van der Waals surface area (Å²) in [6.07, 6.45) is 1.50. The summed E-state index contributed by atoms with van der Waals surface area (Å²) in [6, 6.07) is 10.0. The molecule has 6 nitrogen and oxygen atoms in total. The summed E-state index contributed by atoms with van der Waals surface area (Å²) in [7, 11) is 0. The van der Waals surface area contributed by atoms with Crippen LogP contribution in [-0.4, -0.2) is 71.5 Å². The maximum absolute atomic E-state index is 14.2. The van der Waals surface area contributed by atoms with Crippen molar-refractivity contribution in [3.05, 3.63) is 59.8 Å². The molecule has 2 saturated heterocycles. The van der Waals surface area contributed by atoms with Crippen molar-refractivity contribution in [2.75, 3.05) is 45.0 Å². The van der Waals surface area contributed by atoms with Gasteiger partial charge in [-0.25, -0.2) is 4.39 Å². The van der Waals surface area contributed by atoms with E-state index in [1.54, 1.807) is 40.1 Å². The second-order valence-electron chi connectivity index (χ2n) is 6.88. The molecule has 0 radical (unpaired) electrons. The number of furan rings is 1. The van der Waals surface area contributed by atoms with Gasteiger partial charge in [0, 0.05) is 44.8 Å². The lowest BCUT2D eigenvalue weighted by Crippen LogP contribution is -2.50. The molecule has 0 spiro atoms. The Kier molecular flexibility index (Phi) is 5.68. The topological polar surface area (TPSA) is 57.0 Å². The monoisotopic (exact) mass is 403 g/mol. The van der Waals surface area contributed by atoms with Crippen LogP contribution in [0.1, 0.15) is 21.5 Å². The lowest BCUT2D eigenvalue weighted by atomic mass is 10.2. The second kappa shape index (κ2) is 8.36. The molecular weight excluding hydrogens is 381 g/mol. The lowest BCUT2D eigenvalue weighted by Gasteiger charge is -2.35. The van der Waals surface area contributed by atoms with Crippen LogP contribution in [0.4, 0.5) is 4.39 Å². The van der Waals surface area contributed by atoms with Crippen molar-refractivity contribution >= 4 is 23.6 Å². The Labute approximate surface area is 167 Å². The number of nitrogens with zero attached hydrogens (tertiary/aromatic N) is 3. The van der Waals surface area contributed by atoms with Gasteiger partial charge in [-0.3, -0.25) is 14.5 Å². The number of amides is 2. The van der Waals surface area contributed by atoms with E-state index in [1.807, 2.05) is 0 Å². The predicted octanol–water partition coefficient (Wildman–Crippen LogP) is 2.45. The molecule has 2 amide bonds. The first-order valence-electron chi connectivity index (χ1n) is 9.34. The molecule has 2 aliphatic heterocycles. The highest BCUT2D eigenvalue weighted by Crippen LogP contribution is 2.39. The summed E-state index contributed by atoms with van der Waals surface area (Å²) in [5.74, 6) is 0.427. The van der Waals surface area contributed by atoms with Gasteiger partial charge in [0.25, 0.3) is 5.91 Å². The van der Waals surface area contributed by atoms with E-state index in [-0.39, 0.29) is 23.0 Å². The van der Waals surface area contributed by atoms with Crippen LogP contribution in [0.25, 0.3) is 0 Å². The van der Waals surface area contributed by atoms with Gasteiger partial charge in [0.2, 0.25) is 5.91 Å². The molecule has 1 aromatic heterocycles. The van der Waals surface area contributed by atoms with E-state index < -0.39 is 0 Å². The standard InChI is InChI=1S/C20H22FN3O3S/c21-16-5-2-1-4-15(16)20-24(18(25)14-28-20)12-9-22-7-10-23(11-8-22)19(26)17-6-3-13-27-17/h1-6,13,20H,7-12,14H2. The van der Waals surface area contributed by atoms with Gasteiger partial charge < -0.3 is 14.2 Å². The number of benzene rings is 1. The van der Waals surface area contributed by atoms with Crippen LogP contribution in [0.5, 0.6) is 0 Å². The summed E-state index contributed by atoms with van der Waals surface area (Å²) < 4.78 is 19.3. The third-order valence-corrected chi connectivity index (χ3v) is 6.43. The van der Waals surface area contributed by atoms with Gasteiger partial charge in [0.15, 0.2) is 5.76 Å². The van der Waals surface area contributed by atoms with E-state index in [4.69, 9.17) is 4.42 Å². The minimum atomic E-state index is -0.273. The number of carbonyl (C=O) groups excluding carboxylic acids is 2. The highest BCUT2D eigenvalue weighted by Gasteiger charge is 2.34. The van der Waals surface area contributed by atoms with Gasteiger partial charge in [0.1, 0.15) is 11.2 Å². The quantitative estimate of drug-likeness (QED) is 0.768. The van der Waals surface area contributed by atoms with E-state index in [1.165, 1.54) is 24.1 Å². The molecule has 148 valence electrons.